The van der Waals surface area contributed by atoms with E-state index in [1.807, 2.05) is 36.4 Å². The van der Waals surface area contributed by atoms with E-state index < -0.39 is 6.29 Å². The van der Waals surface area contributed by atoms with Crippen molar-refractivity contribution < 1.29 is 14.6 Å². The van der Waals surface area contributed by atoms with Gasteiger partial charge in [-0.25, -0.2) is 0 Å². The van der Waals surface area contributed by atoms with E-state index >= 15 is 0 Å². The van der Waals surface area contributed by atoms with Crippen LogP contribution < -0.4 is 0 Å². The van der Waals surface area contributed by atoms with Crippen LogP contribution in [0.5, 0.6) is 5.75 Å². The molecule has 1 aliphatic rings. The maximum absolute atomic E-state index is 9.93. The fourth-order valence-electron chi connectivity index (χ4n) is 2.36. The van der Waals surface area contributed by atoms with Crippen molar-refractivity contribution in [2.75, 3.05) is 6.61 Å². The molecule has 0 saturated carbocycles. The quantitative estimate of drug-likeness (QED) is 0.900. The van der Waals surface area contributed by atoms with Crippen molar-refractivity contribution in [3.05, 3.63) is 64.7 Å². The summed E-state index contributed by atoms with van der Waals surface area (Å²) in [5.74, 6) is 0.248. The van der Waals surface area contributed by atoms with Crippen molar-refractivity contribution >= 4 is 11.6 Å². The molecule has 1 fully saturated rings. The van der Waals surface area contributed by atoms with Gasteiger partial charge in [0.2, 0.25) is 0 Å². The first-order chi connectivity index (χ1) is 9.75. The zero-order valence-electron chi connectivity index (χ0n) is 10.8. The highest BCUT2D eigenvalue weighted by Gasteiger charge is 2.28. The van der Waals surface area contributed by atoms with Gasteiger partial charge in [0, 0.05) is 22.6 Å². The first-order valence-electron chi connectivity index (χ1n) is 6.55. The molecule has 2 aromatic rings. The lowest BCUT2D eigenvalue weighted by Gasteiger charge is -2.31. The normalized spacial score (nSPS) is 22.6. The van der Waals surface area contributed by atoms with Crippen LogP contribution in [0.3, 0.4) is 0 Å². The molecule has 2 aromatic carbocycles. The number of ether oxygens (including phenoxy) is 2. The van der Waals surface area contributed by atoms with Crippen LogP contribution in [0.2, 0.25) is 5.02 Å². The van der Waals surface area contributed by atoms with Gasteiger partial charge in [-0.3, -0.25) is 0 Å². The van der Waals surface area contributed by atoms with Crippen LogP contribution in [0.15, 0.2) is 48.5 Å². The lowest BCUT2D eigenvalue weighted by Crippen LogP contribution is -2.21. The summed E-state index contributed by atoms with van der Waals surface area (Å²) >= 11 is 6.17. The summed E-state index contributed by atoms with van der Waals surface area (Å²) in [6, 6.07) is 14.7. The molecule has 0 aliphatic carbocycles. The molecule has 3 rings (SSSR count). The van der Waals surface area contributed by atoms with Crippen molar-refractivity contribution in [1.29, 1.82) is 0 Å². The Morgan fingerprint density at radius 3 is 2.45 bits per heavy atom. The molecule has 104 valence electrons. The summed E-state index contributed by atoms with van der Waals surface area (Å²) in [6.07, 6.45) is 0.0201. The first-order valence-corrected chi connectivity index (χ1v) is 6.93. The monoisotopic (exact) mass is 290 g/mol. The number of phenols is 1. The van der Waals surface area contributed by atoms with Crippen LogP contribution in [0.1, 0.15) is 29.9 Å². The predicted molar refractivity (Wildman–Crippen MR) is 76.7 cm³/mol. The second-order valence-corrected chi connectivity index (χ2v) is 5.10. The second-order valence-electron chi connectivity index (χ2n) is 4.70. The highest BCUT2D eigenvalue weighted by Crippen LogP contribution is 2.39. The molecule has 0 bridgehead atoms. The van der Waals surface area contributed by atoms with Gasteiger partial charge in [0.15, 0.2) is 6.29 Å². The van der Waals surface area contributed by atoms with Crippen LogP contribution in [0.25, 0.3) is 0 Å². The summed E-state index contributed by atoms with van der Waals surface area (Å²) in [7, 11) is 0. The van der Waals surface area contributed by atoms with E-state index in [9.17, 15) is 5.11 Å². The predicted octanol–water partition coefficient (Wildman–Crippen LogP) is 4.22. The van der Waals surface area contributed by atoms with Crippen LogP contribution in [0.4, 0.5) is 0 Å². The molecule has 20 heavy (non-hydrogen) atoms. The van der Waals surface area contributed by atoms with E-state index in [4.69, 9.17) is 21.1 Å². The minimum Gasteiger partial charge on any atom is -0.508 e. The van der Waals surface area contributed by atoms with Crippen molar-refractivity contribution in [2.45, 2.75) is 18.8 Å². The minimum atomic E-state index is -0.498. The molecule has 1 N–H and O–H groups in total. The van der Waals surface area contributed by atoms with Crippen molar-refractivity contribution in [3.8, 4) is 5.75 Å². The molecule has 3 nitrogen and oxygen atoms in total. The SMILES string of the molecule is Oc1ccccc1C1CCOC(c2ccccc2Cl)O1. The molecular weight excluding hydrogens is 276 g/mol. The highest BCUT2D eigenvalue weighted by molar-refractivity contribution is 6.31. The van der Waals surface area contributed by atoms with E-state index in [0.717, 1.165) is 11.1 Å². The standard InChI is InChI=1S/C16H15ClO3/c17-13-7-3-1-5-11(13)16-19-10-9-15(20-16)12-6-2-4-8-14(12)18/h1-8,15-16,18H,9-10H2. The van der Waals surface area contributed by atoms with Crippen molar-refractivity contribution in [2.24, 2.45) is 0 Å². The lowest BCUT2D eigenvalue weighted by atomic mass is 10.0. The second kappa shape index (κ2) is 5.83. The zero-order chi connectivity index (χ0) is 13.9. The average molecular weight is 291 g/mol. The Kier molecular flexibility index (Phi) is 3.92. The van der Waals surface area contributed by atoms with Crippen LogP contribution >= 0.6 is 11.6 Å². The molecule has 0 amide bonds. The molecule has 0 spiro atoms. The largest absolute Gasteiger partial charge is 0.508 e. The molecule has 1 aliphatic heterocycles. The third-order valence-electron chi connectivity index (χ3n) is 3.38. The molecule has 4 heteroatoms. The maximum atomic E-state index is 9.93. The van der Waals surface area contributed by atoms with E-state index in [1.54, 1.807) is 12.1 Å². The smallest absolute Gasteiger partial charge is 0.185 e. The summed E-state index contributed by atoms with van der Waals surface area (Å²) < 4.78 is 11.6. The van der Waals surface area contributed by atoms with E-state index in [-0.39, 0.29) is 11.9 Å². The van der Waals surface area contributed by atoms with Gasteiger partial charge in [0.05, 0.1) is 12.7 Å². The minimum absolute atomic E-state index is 0.189. The molecule has 1 heterocycles. The molecule has 0 radical (unpaired) electrons. The summed E-state index contributed by atoms with van der Waals surface area (Å²) in [5.41, 5.74) is 1.60. The summed E-state index contributed by atoms with van der Waals surface area (Å²) in [4.78, 5) is 0. The first kappa shape index (κ1) is 13.4. The van der Waals surface area contributed by atoms with Gasteiger partial charge in [0.1, 0.15) is 5.75 Å². The van der Waals surface area contributed by atoms with Gasteiger partial charge in [-0.2, -0.15) is 0 Å². The Labute approximate surface area is 122 Å². The number of rotatable bonds is 2. The van der Waals surface area contributed by atoms with Crippen LogP contribution in [-0.2, 0) is 9.47 Å². The third kappa shape index (κ3) is 2.66. The molecule has 2 atom stereocenters. The lowest BCUT2D eigenvalue weighted by molar-refractivity contribution is -0.219. The third-order valence-corrected chi connectivity index (χ3v) is 3.72. The number of aromatic hydroxyl groups is 1. The Hall–Kier alpha value is -1.55. The van der Waals surface area contributed by atoms with Gasteiger partial charge in [-0.15, -0.1) is 0 Å². The highest BCUT2D eigenvalue weighted by atomic mass is 35.5. The van der Waals surface area contributed by atoms with Crippen molar-refractivity contribution in [3.63, 3.8) is 0 Å². The number of para-hydroxylation sites is 1. The van der Waals surface area contributed by atoms with Crippen molar-refractivity contribution in [1.82, 2.24) is 0 Å². The van der Waals surface area contributed by atoms with Crippen LogP contribution in [-0.4, -0.2) is 11.7 Å². The average Bonchev–Trinajstić information content (AvgIpc) is 2.48. The van der Waals surface area contributed by atoms with Gasteiger partial charge in [0.25, 0.3) is 0 Å². The number of phenolic OH excluding ortho intramolecular Hbond substituents is 1. The fraction of sp³-hybridized carbons (Fsp3) is 0.250. The number of benzene rings is 2. The molecule has 0 aromatic heterocycles. The number of halogens is 1. The number of hydrogen-bond acceptors (Lipinski definition) is 3. The Morgan fingerprint density at radius 2 is 1.70 bits per heavy atom. The van der Waals surface area contributed by atoms with Crippen LogP contribution in [0, 0.1) is 0 Å². The number of hydrogen-bond donors (Lipinski definition) is 1. The Morgan fingerprint density at radius 1 is 1.00 bits per heavy atom. The van der Waals surface area contributed by atoms with E-state index in [1.165, 1.54) is 0 Å². The van der Waals surface area contributed by atoms with Gasteiger partial charge in [-0.1, -0.05) is 48.0 Å². The van der Waals surface area contributed by atoms with E-state index in [0.29, 0.717) is 18.1 Å². The Bertz CT molecular complexity index is 548. The topological polar surface area (TPSA) is 38.7 Å². The molecule has 2 unspecified atom stereocenters. The van der Waals surface area contributed by atoms with Gasteiger partial charge in [-0.05, 0) is 12.1 Å². The fourth-order valence-corrected chi connectivity index (χ4v) is 2.58. The summed E-state index contributed by atoms with van der Waals surface area (Å²) in [5, 5.41) is 10.5. The van der Waals surface area contributed by atoms with Gasteiger partial charge < -0.3 is 14.6 Å². The van der Waals surface area contributed by atoms with Gasteiger partial charge >= 0.3 is 0 Å². The Balaban J connectivity index is 1.84. The maximum Gasteiger partial charge on any atom is 0.185 e. The molecule has 1 saturated heterocycles. The van der Waals surface area contributed by atoms with E-state index in [2.05, 4.69) is 0 Å². The summed E-state index contributed by atoms with van der Waals surface area (Å²) in [6.45, 7) is 0.564. The molecular formula is C16H15ClO3. The zero-order valence-corrected chi connectivity index (χ0v) is 11.6.